The fraction of sp³-hybridized carbons (Fsp3) is 0.538. The van der Waals surface area contributed by atoms with Crippen LogP contribution < -0.4 is 0 Å². The lowest BCUT2D eigenvalue weighted by Gasteiger charge is -2.13. The quantitative estimate of drug-likeness (QED) is 0.753. The summed E-state index contributed by atoms with van der Waals surface area (Å²) in [7, 11) is 2.04. The number of thiophene rings is 1. The van der Waals surface area contributed by atoms with Crippen molar-refractivity contribution in [1.29, 1.82) is 0 Å². The Balaban J connectivity index is 1.79. The van der Waals surface area contributed by atoms with Gasteiger partial charge in [-0.2, -0.15) is 16.3 Å². The molecule has 2 aromatic rings. The van der Waals surface area contributed by atoms with E-state index in [9.17, 15) is 0 Å². The molecule has 0 spiro atoms. The summed E-state index contributed by atoms with van der Waals surface area (Å²) in [6.45, 7) is 1.94. The van der Waals surface area contributed by atoms with Crippen LogP contribution >= 0.6 is 11.3 Å². The summed E-state index contributed by atoms with van der Waals surface area (Å²) in [5.74, 6) is 1.30. The van der Waals surface area contributed by atoms with E-state index in [-0.39, 0.29) is 6.61 Å². The molecule has 0 radical (unpaired) electrons. The Morgan fingerprint density at radius 2 is 2.26 bits per heavy atom. The van der Waals surface area contributed by atoms with Crippen molar-refractivity contribution in [3.8, 4) is 11.5 Å². The fourth-order valence-electron chi connectivity index (χ4n) is 1.81. The van der Waals surface area contributed by atoms with Crippen LogP contribution in [-0.2, 0) is 6.54 Å². The van der Waals surface area contributed by atoms with Crippen molar-refractivity contribution in [3.63, 3.8) is 0 Å². The summed E-state index contributed by atoms with van der Waals surface area (Å²) in [6.07, 6.45) is 3.00. The Morgan fingerprint density at radius 3 is 3.00 bits per heavy atom. The zero-order valence-corrected chi connectivity index (χ0v) is 11.9. The zero-order valence-electron chi connectivity index (χ0n) is 11.1. The normalized spacial score (nSPS) is 11.3. The average Bonchev–Trinajstić information content (AvgIpc) is 3.04. The van der Waals surface area contributed by atoms with Crippen molar-refractivity contribution in [3.05, 3.63) is 22.7 Å². The van der Waals surface area contributed by atoms with Crippen LogP contribution in [0.25, 0.3) is 11.5 Å². The second-order valence-electron chi connectivity index (χ2n) is 4.55. The molecular formula is C13H19N3O2S. The number of aliphatic hydroxyl groups is 1. The summed E-state index contributed by atoms with van der Waals surface area (Å²) in [6, 6.07) is 1.97. The highest BCUT2D eigenvalue weighted by atomic mass is 32.1. The van der Waals surface area contributed by atoms with Crippen molar-refractivity contribution < 1.29 is 9.63 Å². The Hall–Kier alpha value is -1.24. The molecule has 5 nitrogen and oxygen atoms in total. The number of unbranched alkanes of at least 4 members (excludes halogenated alkanes) is 2. The van der Waals surface area contributed by atoms with Crippen molar-refractivity contribution in [1.82, 2.24) is 15.0 Å². The van der Waals surface area contributed by atoms with E-state index in [2.05, 4.69) is 15.0 Å². The molecule has 104 valence electrons. The van der Waals surface area contributed by atoms with Crippen LogP contribution in [0.5, 0.6) is 0 Å². The van der Waals surface area contributed by atoms with Crippen molar-refractivity contribution >= 4 is 11.3 Å². The monoisotopic (exact) mass is 281 g/mol. The predicted octanol–water partition coefficient (Wildman–Crippen LogP) is 2.39. The van der Waals surface area contributed by atoms with Crippen LogP contribution in [0.3, 0.4) is 0 Å². The number of hydrogen-bond donors (Lipinski definition) is 1. The van der Waals surface area contributed by atoms with Gasteiger partial charge < -0.3 is 9.63 Å². The molecule has 0 aromatic carbocycles. The lowest BCUT2D eigenvalue weighted by Crippen LogP contribution is -2.19. The molecule has 0 aliphatic carbocycles. The molecule has 0 atom stereocenters. The fourth-order valence-corrected chi connectivity index (χ4v) is 2.44. The van der Waals surface area contributed by atoms with Gasteiger partial charge in [0, 0.05) is 12.0 Å². The van der Waals surface area contributed by atoms with E-state index in [4.69, 9.17) is 9.63 Å². The first-order valence-corrected chi connectivity index (χ1v) is 7.38. The van der Waals surface area contributed by atoms with Gasteiger partial charge >= 0.3 is 0 Å². The maximum absolute atomic E-state index is 8.71. The number of aromatic nitrogens is 2. The summed E-state index contributed by atoms with van der Waals surface area (Å²) in [5, 5.41) is 16.7. The Bertz CT molecular complexity index is 470. The van der Waals surface area contributed by atoms with E-state index < -0.39 is 0 Å². The molecule has 0 aliphatic heterocycles. The average molecular weight is 281 g/mol. The van der Waals surface area contributed by atoms with Gasteiger partial charge in [-0.15, -0.1) is 0 Å². The maximum Gasteiger partial charge on any atom is 0.258 e. The van der Waals surface area contributed by atoms with Gasteiger partial charge in [0.05, 0.1) is 12.1 Å². The van der Waals surface area contributed by atoms with E-state index >= 15 is 0 Å². The lowest BCUT2D eigenvalue weighted by molar-refractivity contribution is 0.268. The number of nitrogens with zero attached hydrogens (tertiary/aromatic N) is 3. The SMILES string of the molecule is CN(CCCCCO)Cc1noc(-c2ccsc2)n1. The van der Waals surface area contributed by atoms with Crippen molar-refractivity contribution in [2.45, 2.75) is 25.8 Å². The molecule has 0 bridgehead atoms. The minimum Gasteiger partial charge on any atom is -0.396 e. The Labute approximate surface area is 116 Å². The summed E-state index contributed by atoms with van der Waals surface area (Å²) < 4.78 is 5.24. The first-order chi connectivity index (χ1) is 9.29. The highest BCUT2D eigenvalue weighted by Gasteiger charge is 2.10. The minimum atomic E-state index is 0.276. The Morgan fingerprint density at radius 1 is 1.37 bits per heavy atom. The first-order valence-electron chi connectivity index (χ1n) is 6.44. The third-order valence-corrected chi connectivity index (χ3v) is 3.53. The second-order valence-corrected chi connectivity index (χ2v) is 5.33. The standard InChI is InChI=1S/C13H19N3O2S/c1-16(6-3-2-4-7-17)9-12-14-13(18-15-12)11-5-8-19-10-11/h5,8,10,17H,2-4,6-7,9H2,1H3. The number of rotatable bonds is 8. The molecule has 0 unspecified atom stereocenters. The topological polar surface area (TPSA) is 62.4 Å². The molecule has 1 N–H and O–H groups in total. The van der Waals surface area contributed by atoms with Gasteiger partial charge in [-0.3, -0.25) is 4.90 Å². The maximum atomic E-state index is 8.71. The van der Waals surface area contributed by atoms with Crippen LogP contribution in [0, 0.1) is 0 Å². The molecule has 2 rings (SSSR count). The molecule has 0 saturated heterocycles. The van der Waals surface area contributed by atoms with Gasteiger partial charge in [-0.25, -0.2) is 0 Å². The van der Waals surface area contributed by atoms with Crippen LogP contribution in [0.2, 0.25) is 0 Å². The van der Waals surface area contributed by atoms with Gasteiger partial charge in [-0.05, 0) is 44.3 Å². The smallest absolute Gasteiger partial charge is 0.258 e. The highest BCUT2D eigenvalue weighted by Crippen LogP contribution is 2.20. The molecule has 6 heteroatoms. The molecule has 0 amide bonds. The lowest BCUT2D eigenvalue weighted by atomic mass is 10.2. The number of hydrogen-bond acceptors (Lipinski definition) is 6. The van der Waals surface area contributed by atoms with Crippen LogP contribution in [-0.4, -0.2) is 40.3 Å². The third kappa shape index (κ3) is 4.41. The van der Waals surface area contributed by atoms with E-state index in [1.54, 1.807) is 11.3 Å². The predicted molar refractivity (Wildman–Crippen MR) is 74.9 cm³/mol. The molecule has 2 heterocycles. The minimum absolute atomic E-state index is 0.276. The van der Waals surface area contributed by atoms with Crippen LogP contribution in [0.4, 0.5) is 0 Å². The number of aliphatic hydroxyl groups excluding tert-OH is 1. The van der Waals surface area contributed by atoms with E-state index in [0.717, 1.165) is 31.4 Å². The van der Waals surface area contributed by atoms with Gasteiger partial charge in [0.25, 0.3) is 5.89 Å². The summed E-state index contributed by atoms with van der Waals surface area (Å²) in [4.78, 5) is 6.55. The van der Waals surface area contributed by atoms with Crippen LogP contribution in [0.15, 0.2) is 21.3 Å². The summed E-state index contributed by atoms with van der Waals surface area (Å²) in [5.41, 5.74) is 0.981. The van der Waals surface area contributed by atoms with E-state index in [1.807, 2.05) is 23.9 Å². The van der Waals surface area contributed by atoms with E-state index in [1.165, 1.54) is 0 Å². The van der Waals surface area contributed by atoms with Gasteiger partial charge in [0.1, 0.15) is 0 Å². The van der Waals surface area contributed by atoms with Crippen molar-refractivity contribution in [2.75, 3.05) is 20.2 Å². The third-order valence-electron chi connectivity index (χ3n) is 2.85. The van der Waals surface area contributed by atoms with E-state index in [0.29, 0.717) is 18.3 Å². The molecule has 0 aliphatic rings. The molecule has 2 aromatic heterocycles. The van der Waals surface area contributed by atoms with Crippen molar-refractivity contribution in [2.24, 2.45) is 0 Å². The van der Waals surface area contributed by atoms with Crippen LogP contribution in [0.1, 0.15) is 25.1 Å². The van der Waals surface area contributed by atoms with Gasteiger partial charge in [0.2, 0.25) is 0 Å². The zero-order chi connectivity index (χ0) is 13.5. The summed E-state index contributed by atoms with van der Waals surface area (Å²) >= 11 is 1.61. The highest BCUT2D eigenvalue weighted by molar-refractivity contribution is 7.08. The largest absolute Gasteiger partial charge is 0.396 e. The van der Waals surface area contributed by atoms with Gasteiger partial charge in [0.15, 0.2) is 5.82 Å². The molecule has 19 heavy (non-hydrogen) atoms. The Kier molecular flexibility index (Phi) is 5.50. The second kappa shape index (κ2) is 7.37. The first kappa shape index (κ1) is 14.2. The molecule has 0 saturated carbocycles. The molecule has 0 fully saturated rings. The molecular weight excluding hydrogens is 262 g/mol. The van der Waals surface area contributed by atoms with Gasteiger partial charge in [-0.1, -0.05) is 5.16 Å².